The van der Waals surface area contributed by atoms with Gasteiger partial charge in [0.05, 0.1) is 12.7 Å². The summed E-state index contributed by atoms with van der Waals surface area (Å²) in [5.41, 5.74) is 7.31. The number of nitrogen functional groups attached to an aromatic ring is 1. The molecule has 0 unspecified atom stereocenters. The van der Waals surface area contributed by atoms with Gasteiger partial charge in [0.25, 0.3) is 5.91 Å². The summed E-state index contributed by atoms with van der Waals surface area (Å²) in [6.07, 6.45) is 1.68. The van der Waals surface area contributed by atoms with Crippen LogP contribution < -0.4 is 15.8 Å². The Kier molecular flexibility index (Phi) is 4.07. The van der Waals surface area contributed by atoms with Crippen LogP contribution in [-0.4, -0.2) is 28.9 Å². The summed E-state index contributed by atoms with van der Waals surface area (Å²) in [4.78, 5) is 16.4. The summed E-state index contributed by atoms with van der Waals surface area (Å²) in [5.74, 6) is -0.230. The van der Waals surface area contributed by atoms with E-state index in [0.717, 1.165) is 0 Å². The van der Waals surface area contributed by atoms with Crippen LogP contribution in [0.3, 0.4) is 0 Å². The van der Waals surface area contributed by atoms with Gasteiger partial charge in [0.15, 0.2) is 5.69 Å². The first kappa shape index (κ1) is 15.8. The summed E-state index contributed by atoms with van der Waals surface area (Å²) < 4.78 is 21.2. The predicted molar refractivity (Wildman–Crippen MR) is 89.6 cm³/mol. The van der Waals surface area contributed by atoms with Gasteiger partial charge in [-0.3, -0.25) is 9.20 Å². The first-order chi connectivity index (χ1) is 11.6. The van der Waals surface area contributed by atoms with Crippen LogP contribution in [0.2, 0.25) is 0 Å². The molecule has 124 valence electrons. The maximum absolute atomic E-state index is 14.4. The lowest BCUT2D eigenvalue weighted by Gasteiger charge is -2.10. The van der Waals surface area contributed by atoms with Crippen molar-refractivity contribution < 1.29 is 13.9 Å². The van der Waals surface area contributed by atoms with Crippen LogP contribution >= 0.6 is 0 Å². The standard InChI is InChI=1S/C17H17FN4O2/c1-3-20-17(23)14-15(19)22-9-5-6-10(16(22)21-14)13-11(18)7-4-8-12(13)24-2/h4-9H,3,19H2,1-2H3,(H,20,23). The monoisotopic (exact) mass is 328 g/mol. The number of hydrogen-bond donors (Lipinski definition) is 2. The Labute approximate surface area is 138 Å². The van der Waals surface area contributed by atoms with E-state index >= 15 is 0 Å². The molecule has 0 saturated carbocycles. The number of carbonyl (C=O) groups is 1. The number of nitrogens with two attached hydrogens (primary N) is 1. The molecule has 0 aliphatic carbocycles. The number of nitrogens with zero attached hydrogens (tertiary/aromatic N) is 2. The molecule has 0 aliphatic rings. The maximum Gasteiger partial charge on any atom is 0.273 e. The molecule has 7 heteroatoms. The Morgan fingerprint density at radius 2 is 2.17 bits per heavy atom. The van der Waals surface area contributed by atoms with Crippen molar-refractivity contribution in [1.29, 1.82) is 0 Å². The molecule has 0 spiro atoms. The minimum absolute atomic E-state index is 0.111. The summed E-state index contributed by atoms with van der Waals surface area (Å²) in [7, 11) is 1.47. The van der Waals surface area contributed by atoms with E-state index in [0.29, 0.717) is 23.5 Å². The lowest BCUT2D eigenvalue weighted by Crippen LogP contribution is -2.24. The number of carbonyl (C=O) groups excluding carboxylic acids is 1. The fraction of sp³-hybridized carbons (Fsp3) is 0.176. The Balaban J connectivity index is 2.28. The molecule has 2 heterocycles. The van der Waals surface area contributed by atoms with E-state index in [2.05, 4.69) is 10.3 Å². The zero-order chi connectivity index (χ0) is 17.3. The van der Waals surface area contributed by atoms with Crippen LogP contribution in [0.1, 0.15) is 17.4 Å². The molecule has 3 N–H and O–H groups in total. The van der Waals surface area contributed by atoms with E-state index in [1.165, 1.54) is 13.2 Å². The van der Waals surface area contributed by atoms with Gasteiger partial charge < -0.3 is 15.8 Å². The van der Waals surface area contributed by atoms with Crippen LogP contribution in [0, 0.1) is 5.82 Å². The molecule has 3 rings (SSSR count). The number of rotatable bonds is 4. The number of anilines is 1. The SMILES string of the molecule is CCNC(=O)c1nc2c(-c3c(F)cccc3OC)cccn2c1N. The third-order valence-corrected chi connectivity index (χ3v) is 3.70. The molecule has 6 nitrogen and oxygen atoms in total. The van der Waals surface area contributed by atoms with Crippen molar-refractivity contribution in [3.05, 3.63) is 48.0 Å². The molecular weight excluding hydrogens is 311 g/mol. The van der Waals surface area contributed by atoms with Crippen molar-refractivity contribution in [2.75, 3.05) is 19.4 Å². The third-order valence-electron chi connectivity index (χ3n) is 3.70. The van der Waals surface area contributed by atoms with Gasteiger partial charge in [-0.15, -0.1) is 0 Å². The van der Waals surface area contributed by atoms with Crippen molar-refractivity contribution in [3.63, 3.8) is 0 Å². The Morgan fingerprint density at radius 1 is 1.38 bits per heavy atom. The number of halogens is 1. The normalized spacial score (nSPS) is 10.8. The van der Waals surface area contributed by atoms with Crippen LogP contribution in [0.4, 0.5) is 10.2 Å². The highest BCUT2D eigenvalue weighted by molar-refractivity contribution is 5.99. The molecule has 1 aromatic carbocycles. The van der Waals surface area contributed by atoms with Gasteiger partial charge in [-0.2, -0.15) is 0 Å². The van der Waals surface area contributed by atoms with Crippen molar-refractivity contribution in [3.8, 4) is 16.9 Å². The predicted octanol–water partition coefficient (Wildman–Crippen LogP) is 2.48. The van der Waals surface area contributed by atoms with Crippen molar-refractivity contribution in [1.82, 2.24) is 14.7 Å². The topological polar surface area (TPSA) is 81.6 Å². The summed E-state index contributed by atoms with van der Waals surface area (Å²) in [5, 5.41) is 2.66. The first-order valence-electron chi connectivity index (χ1n) is 7.46. The van der Waals surface area contributed by atoms with Gasteiger partial charge >= 0.3 is 0 Å². The molecule has 3 aromatic rings. The lowest BCUT2D eigenvalue weighted by molar-refractivity contribution is 0.0952. The van der Waals surface area contributed by atoms with E-state index in [1.54, 1.807) is 41.8 Å². The maximum atomic E-state index is 14.4. The van der Waals surface area contributed by atoms with E-state index in [9.17, 15) is 9.18 Å². The molecule has 0 bridgehead atoms. The highest BCUT2D eigenvalue weighted by Crippen LogP contribution is 2.35. The van der Waals surface area contributed by atoms with Gasteiger partial charge in [-0.05, 0) is 31.2 Å². The number of methoxy groups -OCH3 is 1. The van der Waals surface area contributed by atoms with Crippen molar-refractivity contribution in [2.45, 2.75) is 6.92 Å². The quantitative estimate of drug-likeness (QED) is 0.771. The molecule has 0 fully saturated rings. The zero-order valence-corrected chi connectivity index (χ0v) is 13.3. The summed E-state index contributed by atoms with van der Waals surface area (Å²) in [6, 6.07) is 8.01. The van der Waals surface area contributed by atoms with Gasteiger partial charge in [0, 0.05) is 18.3 Å². The third kappa shape index (κ3) is 2.44. The zero-order valence-electron chi connectivity index (χ0n) is 13.3. The highest BCUT2D eigenvalue weighted by atomic mass is 19.1. The molecular formula is C17H17FN4O2. The smallest absolute Gasteiger partial charge is 0.273 e. The van der Waals surface area contributed by atoms with Crippen molar-refractivity contribution >= 4 is 17.4 Å². The van der Waals surface area contributed by atoms with E-state index in [1.807, 2.05) is 0 Å². The molecule has 24 heavy (non-hydrogen) atoms. The number of imidazole rings is 1. The van der Waals surface area contributed by atoms with Gasteiger partial charge in [0.1, 0.15) is 23.0 Å². The Morgan fingerprint density at radius 3 is 2.88 bits per heavy atom. The van der Waals surface area contributed by atoms with Crippen molar-refractivity contribution in [2.24, 2.45) is 0 Å². The van der Waals surface area contributed by atoms with Gasteiger partial charge in [-0.1, -0.05) is 6.07 Å². The number of aromatic nitrogens is 2. The number of pyridine rings is 1. The second-order valence-corrected chi connectivity index (χ2v) is 5.14. The number of benzene rings is 1. The summed E-state index contributed by atoms with van der Waals surface area (Å²) in [6.45, 7) is 2.26. The van der Waals surface area contributed by atoms with E-state index in [4.69, 9.17) is 10.5 Å². The number of nitrogens with one attached hydrogen (secondary N) is 1. The summed E-state index contributed by atoms with van der Waals surface area (Å²) >= 11 is 0. The fourth-order valence-electron chi connectivity index (χ4n) is 2.63. The Hall–Kier alpha value is -3.09. The minimum Gasteiger partial charge on any atom is -0.496 e. The number of amides is 1. The average Bonchev–Trinajstić information content (AvgIpc) is 2.92. The van der Waals surface area contributed by atoms with Crippen LogP contribution in [0.15, 0.2) is 36.5 Å². The molecule has 0 radical (unpaired) electrons. The van der Waals surface area contributed by atoms with Crippen LogP contribution in [-0.2, 0) is 0 Å². The molecule has 0 atom stereocenters. The second-order valence-electron chi connectivity index (χ2n) is 5.14. The highest BCUT2D eigenvalue weighted by Gasteiger charge is 2.21. The molecule has 1 amide bonds. The van der Waals surface area contributed by atoms with Gasteiger partial charge in [0.2, 0.25) is 0 Å². The van der Waals surface area contributed by atoms with Gasteiger partial charge in [-0.25, -0.2) is 9.37 Å². The molecule has 0 saturated heterocycles. The molecule has 2 aromatic heterocycles. The lowest BCUT2D eigenvalue weighted by atomic mass is 10.1. The number of fused-ring (bicyclic) bond motifs is 1. The largest absolute Gasteiger partial charge is 0.496 e. The number of hydrogen-bond acceptors (Lipinski definition) is 4. The van der Waals surface area contributed by atoms with Crippen LogP contribution in [0.25, 0.3) is 16.8 Å². The number of ether oxygens (including phenoxy) is 1. The van der Waals surface area contributed by atoms with E-state index in [-0.39, 0.29) is 23.0 Å². The Bertz CT molecular complexity index is 920. The second kappa shape index (κ2) is 6.19. The molecule has 0 aliphatic heterocycles. The average molecular weight is 328 g/mol. The fourth-order valence-corrected chi connectivity index (χ4v) is 2.63. The van der Waals surface area contributed by atoms with E-state index < -0.39 is 5.82 Å². The first-order valence-corrected chi connectivity index (χ1v) is 7.46. The minimum atomic E-state index is -0.441. The van der Waals surface area contributed by atoms with Crippen LogP contribution in [0.5, 0.6) is 5.75 Å².